The van der Waals surface area contributed by atoms with Gasteiger partial charge in [-0.05, 0) is 30.7 Å². The summed E-state index contributed by atoms with van der Waals surface area (Å²) in [4.78, 5) is 0. The summed E-state index contributed by atoms with van der Waals surface area (Å²) in [5.74, 6) is 0. The van der Waals surface area contributed by atoms with Crippen LogP contribution in [0.2, 0.25) is 5.02 Å². The van der Waals surface area contributed by atoms with Crippen molar-refractivity contribution in [2.24, 2.45) is 0 Å². The average Bonchev–Trinajstić information content (AvgIpc) is 2.84. The lowest BCUT2D eigenvalue weighted by atomic mass is 10.0. The van der Waals surface area contributed by atoms with Gasteiger partial charge < -0.3 is 5.32 Å². The van der Waals surface area contributed by atoms with Crippen molar-refractivity contribution in [3.63, 3.8) is 0 Å². The van der Waals surface area contributed by atoms with E-state index in [-0.39, 0.29) is 6.04 Å². The van der Waals surface area contributed by atoms with Crippen molar-refractivity contribution in [3.8, 4) is 0 Å². The number of hydrogen-bond acceptors (Lipinski definition) is 3. The highest BCUT2D eigenvalue weighted by molar-refractivity contribution is 6.30. The zero-order valence-corrected chi connectivity index (χ0v) is 12.1. The molecular formula is C14H19ClN4. The van der Waals surface area contributed by atoms with Gasteiger partial charge in [0.25, 0.3) is 0 Å². The van der Waals surface area contributed by atoms with Crippen LogP contribution in [-0.2, 0) is 6.54 Å². The lowest BCUT2D eigenvalue weighted by molar-refractivity contribution is 0.511. The van der Waals surface area contributed by atoms with Crippen molar-refractivity contribution < 1.29 is 0 Å². The smallest absolute Gasteiger partial charge is 0.0802 e. The van der Waals surface area contributed by atoms with Crippen LogP contribution in [-0.4, -0.2) is 21.5 Å². The molecule has 1 unspecified atom stereocenters. The molecule has 0 aliphatic carbocycles. The maximum Gasteiger partial charge on any atom is 0.0802 e. The minimum Gasteiger partial charge on any atom is -0.305 e. The van der Waals surface area contributed by atoms with Gasteiger partial charge in [0.2, 0.25) is 0 Å². The molecule has 2 aromatic rings. The number of aryl methyl sites for hydroxylation is 1. The van der Waals surface area contributed by atoms with Gasteiger partial charge in [-0.15, -0.1) is 5.10 Å². The lowest BCUT2D eigenvalue weighted by Gasteiger charge is -2.19. The predicted octanol–water partition coefficient (Wildman–Crippen LogP) is 3.04. The highest BCUT2D eigenvalue weighted by atomic mass is 35.5. The number of nitrogens with one attached hydrogen (secondary N) is 1. The largest absolute Gasteiger partial charge is 0.305 e. The summed E-state index contributed by atoms with van der Waals surface area (Å²) in [6, 6.07) is 7.98. The maximum atomic E-state index is 6.09. The van der Waals surface area contributed by atoms with Gasteiger partial charge in [-0.1, -0.05) is 42.8 Å². The van der Waals surface area contributed by atoms with Crippen molar-refractivity contribution in [1.82, 2.24) is 20.3 Å². The van der Waals surface area contributed by atoms with Crippen molar-refractivity contribution >= 4 is 11.6 Å². The summed E-state index contributed by atoms with van der Waals surface area (Å²) in [5.41, 5.74) is 2.21. The quantitative estimate of drug-likeness (QED) is 0.883. The van der Waals surface area contributed by atoms with Crippen LogP contribution in [0, 0.1) is 0 Å². The summed E-state index contributed by atoms with van der Waals surface area (Å²) in [6.45, 7) is 5.96. The summed E-state index contributed by atoms with van der Waals surface area (Å²) in [6.07, 6.45) is 2.86. The SMILES string of the molecule is CCCn1nncc1C(NCC)c1cccc(Cl)c1. The van der Waals surface area contributed by atoms with E-state index in [1.54, 1.807) is 0 Å². The van der Waals surface area contributed by atoms with Crippen LogP contribution in [0.1, 0.15) is 37.6 Å². The van der Waals surface area contributed by atoms with E-state index in [9.17, 15) is 0 Å². The van der Waals surface area contributed by atoms with E-state index in [2.05, 4.69) is 35.5 Å². The maximum absolute atomic E-state index is 6.09. The zero-order chi connectivity index (χ0) is 13.7. The molecule has 1 aromatic carbocycles. The van der Waals surface area contributed by atoms with Gasteiger partial charge in [0.1, 0.15) is 0 Å². The molecule has 0 spiro atoms. The van der Waals surface area contributed by atoms with E-state index in [0.717, 1.165) is 35.8 Å². The Balaban J connectivity index is 2.36. The first-order chi connectivity index (χ1) is 9.26. The number of hydrogen-bond donors (Lipinski definition) is 1. The van der Waals surface area contributed by atoms with E-state index in [4.69, 9.17) is 11.6 Å². The molecule has 0 saturated carbocycles. The molecule has 2 rings (SSSR count). The summed E-state index contributed by atoms with van der Waals surface area (Å²) in [5, 5.41) is 12.4. The molecule has 1 heterocycles. The van der Waals surface area contributed by atoms with Crippen LogP contribution < -0.4 is 5.32 Å². The third kappa shape index (κ3) is 3.33. The molecule has 4 nitrogen and oxygen atoms in total. The first-order valence-electron chi connectivity index (χ1n) is 6.63. The Morgan fingerprint density at radius 3 is 2.89 bits per heavy atom. The fourth-order valence-corrected chi connectivity index (χ4v) is 2.36. The summed E-state index contributed by atoms with van der Waals surface area (Å²) < 4.78 is 1.95. The Labute approximate surface area is 118 Å². The van der Waals surface area contributed by atoms with Crippen molar-refractivity contribution in [3.05, 3.63) is 46.7 Å². The van der Waals surface area contributed by atoms with Crippen molar-refractivity contribution in [2.75, 3.05) is 6.54 Å². The van der Waals surface area contributed by atoms with E-state index >= 15 is 0 Å². The monoisotopic (exact) mass is 278 g/mol. The van der Waals surface area contributed by atoms with Gasteiger partial charge in [-0.25, -0.2) is 4.68 Å². The van der Waals surface area contributed by atoms with E-state index in [1.807, 2.05) is 29.1 Å². The van der Waals surface area contributed by atoms with E-state index < -0.39 is 0 Å². The highest BCUT2D eigenvalue weighted by Gasteiger charge is 2.18. The normalized spacial score (nSPS) is 12.6. The Morgan fingerprint density at radius 1 is 1.37 bits per heavy atom. The van der Waals surface area contributed by atoms with Crippen LogP contribution in [0.5, 0.6) is 0 Å². The molecule has 0 saturated heterocycles. The van der Waals surface area contributed by atoms with Gasteiger partial charge >= 0.3 is 0 Å². The number of nitrogens with zero attached hydrogens (tertiary/aromatic N) is 3. The first-order valence-corrected chi connectivity index (χ1v) is 7.01. The van der Waals surface area contributed by atoms with Crippen molar-refractivity contribution in [1.29, 1.82) is 0 Å². The number of benzene rings is 1. The van der Waals surface area contributed by atoms with Gasteiger partial charge in [0.15, 0.2) is 0 Å². The number of rotatable bonds is 6. The highest BCUT2D eigenvalue weighted by Crippen LogP contribution is 2.23. The molecule has 0 radical (unpaired) electrons. The Kier molecular flexibility index (Phi) is 4.93. The molecule has 0 amide bonds. The average molecular weight is 279 g/mol. The lowest BCUT2D eigenvalue weighted by Crippen LogP contribution is -2.25. The molecule has 19 heavy (non-hydrogen) atoms. The molecule has 102 valence electrons. The molecular weight excluding hydrogens is 260 g/mol. The standard InChI is InChI=1S/C14H19ClN4/c1-3-8-19-13(10-17-18-19)14(16-4-2)11-6-5-7-12(15)9-11/h5-7,9-10,14,16H,3-4,8H2,1-2H3. The molecule has 0 aliphatic rings. The van der Waals surface area contributed by atoms with Crippen LogP contribution in [0.15, 0.2) is 30.5 Å². The van der Waals surface area contributed by atoms with Crippen molar-refractivity contribution in [2.45, 2.75) is 32.9 Å². The van der Waals surface area contributed by atoms with Crippen LogP contribution >= 0.6 is 11.6 Å². The van der Waals surface area contributed by atoms with Gasteiger partial charge in [-0.3, -0.25) is 0 Å². The van der Waals surface area contributed by atoms with Crippen LogP contribution in [0.3, 0.4) is 0 Å². The van der Waals surface area contributed by atoms with Gasteiger partial charge in [-0.2, -0.15) is 0 Å². The predicted molar refractivity (Wildman–Crippen MR) is 77.3 cm³/mol. The molecule has 5 heteroatoms. The third-order valence-electron chi connectivity index (χ3n) is 2.97. The zero-order valence-electron chi connectivity index (χ0n) is 11.3. The second-order valence-electron chi connectivity index (χ2n) is 4.43. The minimum atomic E-state index is 0.0743. The molecule has 0 aliphatic heterocycles. The molecule has 1 aromatic heterocycles. The van der Waals surface area contributed by atoms with Crippen LogP contribution in [0.4, 0.5) is 0 Å². The van der Waals surface area contributed by atoms with E-state index in [1.165, 1.54) is 0 Å². The first kappa shape index (κ1) is 14.0. The fraction of sp³-hybridized carbons (Fsp3) is 0.429. The Bertz CT molecular complexity index is 524. The molecule has 0 bridgehead atoms. The van der Waals surface area contributed by atoms with Crippen LogP contribution in [0.25, 0.3) is 0 Å². The fourth-order valence-electron chi connectivity index (χ4n) is 2.16. The summed E-state index contributed by atoms with van der Waals surface area (Å²) in [7, 11) is 0. The number of halogens is 1. The number of aromatic nitrogens is 3. The topological polar surface area (TPSA) is 42.7 Å². The second kappa shape index (κ2) is 6.68. The van der Waals surface area contributed by atoms with E-state index in [0.29, 0.717) is 0 Å². The second-order valence-corrected chi connectivity index (χ2v) is 4.86. The molecule has 0 fully saturated rings. The molecule has 1 N–H and O–H groups in total. The summed E-state index contributed by atoms with van der Waals surface area (Å²) >= 11 is 6.09. The Hall–Kier alpha value is -1.39. The Morgan fingerprint density at radius 2 is 2.21 bits per heavy atom. The van der Waals surface area contributed by atoms with Gasteiger partial charge in [0, 0.05) is 11.6 Å². The third-order valence-corrected chi connectivity index (χ3v) is 3.20. The molecule has 1 atom stereocenters. The minimum absolute atomic E-state index is 0.0743. The van der Waals surface area contributed by atoms with Gasteiger partial charge in [0.05, 0.1) is 17.9 Å².